The van der Waals surface area contributed by atoms with E-state index in [0.29, 0.717) is 26.1 Å². The van der Waals surface area contributed by atoms with Crippen LogP contribution in [0.4, 0.5) is 0 Å². The molecule has 0 unspecified atom stereocenters. The Labute approximate surface area is 154 Å². The third kappa shape index (κ3) is 6.26. The van der Waals surface area contributed by atoms with Crippen LogP contribution < -0.4 is 4.74 Å². The van der Waals surface area contributed by atoms with Gasteiger partial charge in [0.25, 0.3) is 10.1 Å². The summed E-state index contributed by atoms with van der Waals surface area (Å²) >= 11 is 0. The lowest BCUT2D eigenvalue weighted by Gasteiger charge is -2.17. The van der Waals surface area contributed by atoms with E-state index in [0.717, 1.165) is 17.6 Å². The zero-order chi connectivity index (χ0) is 19.2. The quantitative estimate of drug-likeness (QED) is 0.474. The van der Waals surface area contributed by atoms with Gasteiger partial charge >= 0.3 is 5.97 Å². The number of esters is 1. The largest absolute Gasteiger partial charge is 0.497 e. The summed E-state index contributed by atoms with van der Waals surface area (Å²) < 4.78 is 43.8. The number of methoxy groups -OCH3 is 1. The van der Waals surface area contributed by atoms with Crippen LogP contribution in [0.3, 0.4) is 0 Å². The average Bonchev–Trinajstić information content (AvgIpc) is 2.96. The molecule has 1 aliphatic rings. The first kappa shape index (κ1) is 20.7. The van der Waals surface area contributed by atoms with Crippen LogP contribution in [0.15, 0.2) is 24.3 Å². The van der Waals surface area contributed by atoms with Crippen LogP contribution >= 0.6 is 0 Å². The lowest BCUT2D eigenvalue weighted by molar-refractivity contribution is -0.150. The molecule has 0 spiro atoms. The van der Waals surface area contributed by atoms with Gasteiger partial charge in [0.1, 0.15) is 5.75 Å². The second kappa shape index (κ2) is 9.34. The fourth-order valence-electron chi connectivity index (χ4n) is 3.17. The van der Waals surface area contributed by atoms with Gasteiger partial charge in [-0.1, -0.05) is 12.1 Å². The number of ether oxygens (including phenoxy) is 3. The van der Waals surface area contributed by atoms with Crippen LogP contribution in [0.25, 0.3) is 0 Å². The predicted molar refractivity (Wildman–Crippen MR) is 95.2 cm³/mol. The molecule has 0 amide bonds. The molecule has 1 aliphatic carbocycles. The van der Waals surface area contributed by atoms with Crippen LogP contribution in [0.2, 0.25) is 0 Å². The van der Waals surface area contributed by atoms with E-state index in [9.17, 15) is 13.2 Å². The zero-order valence-corrected chi connectivity index (χ0v) is 16.2. The van der Waals surface area contributed by atoms with E-state index in [1.807, 2.05) is 24.3 Å². The predicted octanol–water partition coefficient (Wildman–Crippen LogP) is 2.15. The standard InChI is InChI=1S/C18H26O7S/c1-4-24-18(19)17-10-16(25-26(3,20)21)9-14(17)12-23-11-13-5-7-15(22-2)8-6-13/h5-8,14,16-17H,4,9-12H2,1-3H3/t14-,16+,17+/m0/s1. The summed E-state index contributed by atoms with van der Waals surface area (Å²) in [7, 11) is -1.96. The van der Waals surface area contributed by atoms with Crippen molar-refractivity contribution in [2.75, 3.05) is 26.6 Å². The molecule has 1 aromatic carbocycles. The van der Waals surface area contributed by atoms with Crippen molar-refractivity contribution < 1.29 is 31.6 Å². The van der Waals surface area contributed by atoms with Crippen molar-refractivity contribution in [3.05, 3.63) is 29.8 Å². The van der Waals surface area contributed by atoms with Gasteiger partial charge in [-0.25, -0.2) is 0 Å². The normalized spacial score (nSPS) is 23.0. The first-order valence-electron chi connectivity index (χ1n) is 8.58. The van der Waals surface area contributed by atoms with Gasteiger partial charge in [-0.3, -0.25) is 8.98 Å². The Morgan fingerprint density at radius 3 is 2.46 bits per heavy atom. The highest BCUT2D eigenvalue weighted by Crippen LogP contribution is 2.36. The molecule has 0 heterocycles. The summed E-state index contributed by atoms with van der Waals surface area (Å²) in [5.74, 6) is -0.116. The molecule has 0 bridgehead atoms. The molecule has 0 saturated heterocycles. The number of hydrogen-bond donors (Lipinski definition) is 0. The molecular formula is C18H26O7S. The van der Waals surface area contributed by atoms with Gasteiger partial charge in [-0.05, 0) is 43.4 Å². The molecule has 7 nitrogen and oxygen atoms in total. The van der Waals surface area contributed by atoms with Gasteiger partial charge in [0, 0.05) is 0 Å². The summed E-state index contributed by atoms with van der Waals surface area (Å²) in [4.78, 5) is 12.2. The number of rotatable bonds is 9. The second-order valence-electron chi connectivity index (χ2n) is 6.38. The fraction of sp³-hybridized carbons (Fsp3) is 0.611. The maximum Gasteiger partial charge on any atom is 0.309 e. The van der Waals surface area contributed by atoms with E-state index < -0.39 is 22.1 Å². The van der Waals surface area contributed by atoms with Gasteiger partial charge in [0.2, 0.25) is 0 Å². The molecule has 0 aliphatic heterocycles. The van der Waals surface area contributed by atoms with Crippen LogP contribution in [0.5, 0.6) is 5.75 Å². The van der Waals surface area contributed by atoms with Crippen LogP contribution in [0.1, 0.15) is 25.3 Å². The SMILES string of the molecule is CCOC(=O)[C@@H]1C[C@H](OS(C)(=O)=O)C[C@H]1COCc1ccc(OC)cc1. The first-order chi connectivity index (χ1) is 12.3. The number of benzene rings is 1. The molecule has 146 valence electrons. The minimum atomic E-state index is -3.57. The molecule has 26 heavy (non-hydrogen) atoms. The van der Waals surface area contributed by atoms with E-state index in [-0.39, 0.29) is 18.5 Å². The Morgan fingerprint density at radius 1 is 1.19 bits per heavy atom. The third-order valence-electron chi connectivity index (χ3n) is 4.31. The highest BCUT2D eigenvalue weighted by Gasteiger charge is 2.41. The second-order valence-corrected chi connectivity index (χ2v) is 7.98. The monoisotopic (exact) mass is 386 g/mol. The van der Waals surface area contributed by atoms with Gasteiger partial charge in [0.15, 0.2) is 0 Å². The molecule has 8 heteroatoms. The lowest BCUT2D eigenvalue weighted by atomic mass is 9.97. The van der Waals surface area contributed by atoms with Crippen molar-refractivity contribution in [3.63, 3.8) is 0 Å². The van der Waals surface area contributed by atoms with Crippen molar-refractivity contribution in [2.24, 2.45) is 11.8 Å². The molecule has 0 radical (unpaired) electrons. The van der Waals surface area contributed by atoms with Crippen LogP contribution in [-0.2, 0) is 35.2 Å². The Kier molecular flexibility index (Phi) is 7.43. The van der Waals surface area contributed by atoms with Gasteiger partial charge in [0.05, 0.1) is 45.2 Å². The number of carbonyl (C=O) groups excluding carboxylic acids is 1. The number of carbonyl (C=O) groups is 1. The summed E-state index contributed by atoms with van der Waals surface area (Å²) in [6.07, 6.45) is 1.26. The van der Waals surface area contributed by atoms with E-state index in [1.165, 1.54) is 0 Å². The highest BCUT2D eigenvalue weighted by molar-refractivity contribution is 7.86. The van der Waals surface area contributed by atoms with E-state index in [4.69, 9.17) is 18.4 Å². The maximum absolute atomic E-state index is 12.2. The summed E-state index contributed by atoms with van der Waals surface area (Å²) in [5, 5.41) is 0. The van der Waals surface area contributed by atoms with E-state index in [2.05, 4.69) is 0 Å². The van der Waals surface area contributed by atoms with Crippen molar-refractivity contribution in [2.45, 2.75) is 32.5 Å². The smallest absolute Gasteiger partial charge is 0.309 e. The molecule has 0 N–H and O–H groups in total. The summed E-state index contributed by atoms with van der Waals surface area (Å²) in [6, 6.07) is 7.52. The van der Waals surface area contributed by atoms with Gasteiger partial charge in [-0.15, -0.1) is 0 Å². The molecular weight excluding hydrogens is 360 g/mol. The van der Waals surface area contributed by atoms with Gasteiger partial charge < -0.3 is 14.2 Å². The Morgan fingerprint density at radius 2 is 1.88 bits per heavy atom. The molecule has 1 aromatic rings. The third-order valence-corrected chi connectivity index (χ3v) is 4.93. The van der Waals surface area contributed by atoms with E-state index in [1.54, 1.807) is 14.0 Å². The van der Waals surface area contributed by atoms with Crippen molar-refractivity contribution in [1.29, 1.82) is 0 Å². The zero-order valence-electron chi connectivity index (χ0n) is 15.3. The molecule has 1 fully saturated rings. The molecule has 3 atom stereocenters. The Bertz CT molecular complexity index is 684. The molecule has 1 saturated carbocycles. The minimum absolute atomic E-state index is 0.140. The lowest BCUT2D eigenvalue weighted by Crippen LogP contribution is -2.24. The van der Waals surface area contributed by atoms with E-state index >= 15 is 0 Å². The molecule has 2 rings (SSSR count). The Hall–Kier alpha value is -1.64. The Balaban J connectivity index is 1.93. The maximum atomic E-state index is 12.2. The van der Waals surface area contributed by atoms with Crippen molar-refractivity contribution >= 4 is 16.1 Å². The summed E-state index contributed by atoms with van der Waals surface area (Å²) in [5.41, 5.74) is 0.986. The van der Waals surface area contributed by atoms with Gasteiger partial charge in [-0.2, -0.15) is 8.42 Å². The van der Waals surface area contributed by atoms with Crippen molar-refractivity contribution in [1.82, 2.24) is 0 Å². The van der Waals surface area contributed by atoms with Crippen LogP contribution in [-0.4, -0.2) is 47.1 Å². The first-order valence-corrected chi connectivity index (χ1v) is 10.4. The number of hydrogen-bond acceptors (Lipinski definition) is 7. The highest BCUT2D eigenvalue weighted by atomic mass is 32.2. The molecule has 0 aromatic heterocycles. The minimum Gasteiger partial charge on any atom is -0.497 e. The fourth-order valence-corrected chi connectivity index (χ4v) is 3.82. The average molecular weight is 386 g/mol. The summed E-state index contributed by atoms with van der Waals surface area (Å²) in [6.45, 7) is 2.76. The van der Waals surface area contributed by atoms with Crippen LogP contribution in [0, 0.1) is 11.8 Å². The van der Waals surface area contributed by atoms with Crippen molar-refractivity contribution in [3.8, 4) is 5.75 Å². The topological polar surface area (TPSA) is 88.1 Å².